The first-order valence-corrected chi connectivity index (χ1v) is 7.59. The predicted octanol–water partition coefficient (Wildman–Crippen LogP) is 3.26. The Balaban J connectivity index is 2.36. The van der Waals surface area contributed by atoms with Crippen molar-refractivity contribution in [3.63, 3.8) is 0 Å². The molecule has 110 valence electrons. The second-order valence-electron chi connectivity index (χ2n) is 5.56. The SMILES string of the molecule is CCCC(C(=O)OCC)C(O)(c1ccccc1)C1CC1. The Morgan fingerprint density at radius 3 is 2.50 bits per heavy atom. The van der Waals surface area contributed by atoms with Gasteiger partial charge in [-0.15, -0.1) is 0 Å². The van der Waals surface area contributed by atoms with Crippen molar-refractivity contribution >= 4 is 5.97 Å². The molecule has 2 unspecified atom stereocenters. The smallest absolute Gasteiger partial charge is 0.312 e. The van der Waals surface area contributed by atoms with Gasteiger partial charge in [0, 0.05) is 0 Å². The minimum absolute atomic E-state index is 0.172. The molecule has 0 aromatic heterocycles. The molecule has 1 N–H and O–H groups in total. The number of ether oxygens (including phenoxy) is 1. The third-order valence-corrected chi connectivity index (χ3v) is 4.12. The summed E-state index contributed by atoms with van der Waals surface area (Å²) in [5.41, 5.74) is -0.238. The van der Waals surface area contributed by atoms with Gasteiger partial charge in [0.15, 0.2) is 0 Å². The average Bonchev–Trinajstić information content (AvgIpc) is 3.30. The van der Waals surface area contributed by atoms with Crippen LogP contribution in [0.5, 0.6) is 0 Å². The summed E-state index contributed by atoms with van der Waals surface area (Å²) >= 11 is 0. The molecule has 0 spiro atoms. The summed E-state index contributed by atoms with van der Waals surface area (Å²) in [5.74, 6) is -0.569. The van der Waals surface area contributed by atoms with Crippen molar-refractivity contribution in [3.8, 4) is 0 Å². The fourth-order valence-corrected chi connectivity index (χ4v) is 3.00. The zero-order chi connectivity index (χ0) is 14.6. The third-order valence-electron chi connectivity index (χ3n) is 4.12. The largest absolute Gasteiger partial charge is 0.466 e. The minimum atomic E-state index is -1.08. The monoisotopic (exact) mass is 276 g/mol. The Hall–Kier alpha value is -1.35. The summed E-state index contributed by atoms with van der Waals surface area (Å²) in [5, 5.41) is 11.3. The molecule has 0 saturated heterocycles. The minimum Gasteiger partial charge on any atom is -0.466 e. The Kier molecular flexibility index (Phi) is 4.81. The number of esters is 1. The Bertz CT molecular complexity index is 439. The van der Waals surface area contributed by atoms with Gasteiger partial charge in [0.1, 0.15) is 5.60 Å². The first-order valence-electron chi connectivity index (χ1n) is 7.59. The Labute approximate surface area is 121 Å². The lowest BCUT2D eigenvalue weighted by molar-refractivity contribution is -0.162. The average molecular weight is 276 g/mol. The van der Waals surface area contributed by atoms with Gasteiger partial charge >= 0.3 is 5.97 Å². The number of hydrogen-bond acceptors (Lipinski definition) is 3. The van der Waals surface area contributed by atoms with Gasteiger partial charge in [0.2, 0.25) is 0 Å². The number of carbonyl (C=O) groups excluding carboxylic acids is 1. The first-order chi connectivity index (χ1) is 9.64. The highest BCUT2D eigenvalue weighted by Crippen LogP contribution is 2.51. The molecule has 1 aromatic rings. The van der Waals surface area contributed by atoms with E-state index in [0.717, 1.165) is 24.8 Å². The van der Waals surface area contributed by atoms with Crippen molar-refractivity contribution in [2.45, 2.75) is 45.1 Å². The van der Waals surface area contributed by atoms with Crippen LogP contribution in [0.1, 0.15) is 45.1 Å². The number of benzene rings is 1. The van der Waals surface area contributed by atoms with E-state index in [1.165, 1.54) is 0 Å². The number of rotatable bonds is 7. The van der Waals surface area contributed by atoms with Crippen LogP contribution in [-0.2, 0) is 15.1 Å². The molecule has 0 amide bonds. The molecule has 1 aliphatic carbocycles. The van der Waals surface area contributed by atoms with Crippen LogP contribution in [0.4, 0.5) is 0 Å². The molecule has 1 fully saturated rings. The van der Waals surface area contributed by atoms with Crippen molar-refractivity contribution in [2.24, 2.45) is 11.8 Å². The summed E-state index contributed by atoms with van der Waals surface area (Å²) in [7, 11) is 0. The van der Waals surface area contributed by atoms with E-state index in [1.807, 2.05) is 37.3 Å². The Morgan fingerprint density at radius 1 is 1.35 bits per heavy atom. The summed E-state index contributed by atoms with van der Waals surface area (Å²) in [6.45, 7) is 4.19. The van der Waals surface area contributed by atoms with Gasteiger partial charge in [-0.25, -0.2) is 0 Å². The van der Waals surface area contributed by atoms with E-state index in [1.54, 1.807) is 6.92 Å². The van der Waals surface area contributed by atoms with E-state index in [0.29, 0.717) is 13.0 Å². The van der Waals surface area contributed by atoms with E-state index in [9.17, 15) is 9.90 Å². The molecule has 20 heavy (non-hydrogen) atoms. The number of aliphatic hydroxyl groups is 1. The number of hydrogen-bond donors (Lipinski definition) is 1. The molecule has 1 aliphatic rings. The van der Waals surface area contributed by atoms with Crippen LogP contribution >= 0.6 is 0 Å². The van der Waals surface area contributed by atoms with E-state index in [2.05, 4.69) is 0 Å². The standard InChI is InChI=1S/C17H24O3/c1-3-8-15(16(18)20-4-2)17(19,14-11-12-14)13-9-6-5-7-10-13/h5-7,9-10,14-15,19H,3-4,8,11-12H2,1-2H3. The van der Waals surface area contributed by atoms with Gasteiger partial charge in [-0.3, -0.25) is 4.79 Å². The van der Waals surface area contributed by atoms with Gasteiger partial charge in [-0.05, 0) is 37.7 Å². The molecular formula is C17H24O3. The molecule has 1 aromatic carbocycles. The summed E-state index contributed by atoms with van der Waals surface area (Å²) in [4.78, 5) is 12.3. The third kappa shape index (κ3) is 2.88. The lowest BCUT2D eigenvalue weighted by Crippen LogP contribution is -2.42. The van der Waals surface area contributed by atoms with E-state index in [-0.39, 0.29) is 11.9 Å². The van der Waals surface area contributed by atoms with Crippen molar-refractivity contribution < 1.29 is 14.6 Å². The van der Waals surface area contributed by atoms with Gasteiger partial charge in [-0.2, -0.15) is 0 Å². The molecule has 0 aliphatic heterocycles. The fraction of sp³-hybridized carbons (Fsp3) is 0.588. The molecule has 2 rings (SSSR count). The molecule has 0 radical (unpaired) electrons. The van der Waals surface area contributed by atoms with Crippen molar-refractivity contribution in [1.82, 2.24) is 0 Å². The van der Waals surface area contributed by atoms with Crippen LogP contribution in [0.2, 0.25) is 0 Å². The summed E-state index contributed by atoms with van der Waals surface area (Å²) in [6, 6.07) is 9.59. The van der Waals surface area contributed by atoms with Crippen LogP contribution in [0, 0.1) is 11.8 Å². The second kappa shape index (κ2) is 6.40. The molecule has 0 bridgehead atoms. The van der Waals surface area contributed by atoms with E-state index in [4.69, 9.17) is 4.74 Å². The van der Waals surface area contributed by atoms with Gasteiger partial charge in [0.05, 0.1) is 12.5 Å². The van der Waals surface area contributed by atoms with Crippen molar-refractivity contribution in [3.05, 3.63) is 35.9 Å². The topological polar surface area (TPSA) is 46.5 Å². The van der Waals surface area contributed by atoms with E-state index >= 15 is 0 Å². The van der Waals surface area contributed by atoms with Crippen LogP contribution in [-0.4, -0.2) is 17.7 Å². The predicted molar refractivity (Wildman–Crippen MR) is 78.1 cm³/mol. The van der Waals surface area contributed by atoms with Crippen LogP contribution in [0.3, 0.4) is 0 Å². The first kappa shape index (κ1) is 15.0. The zero-order valence-corrected chi connectivity index (χ0v) is 12.3. The molecule has 3 heteroatoms. The lowest BCUT2D eigenvalue weighted by atomic mass is 9.75. The van der Waals surface area contributed by atoms with Gasteiger partial charge < -0.3 is 9.84 Å². The molecule has 1 saturated carbocycles. The molecule has 2 atom stereocenters. The second-order valence-corrected chi connectivity index (χ2v) is 5.56. The summed E-state index contributed by atoms with van der Waals surface area (Å²) < 4.78 is 5.20. The summed E-state index contributed by atoms with van der Waals surface area (Å²) in [6.07, 6.45) is 3.46. The zero-order valence-electron chi connectivity index (χ0n) is 12.3. The maximum absolute atomic E-state index is 12.3. The molecular weight excluding hydrogens is 252 g/mol. The lowest BCUT2D eigenvalue weighted by Gasteiger charge is -2.35. The van der Waals surface area contributed by atoms with E-state index < -0.39 is 11.5 Å². The highest BCUT2D eigenvalue weighted by atomic mass is 16.5. The van der Waals surface area contributed by atoms with Crippen LogP contribution < -0.4 is 0 Å². The maximum atomic E-state index is 12.3. The van der Waals surface area contributed by atoms with Gasteiger partial charge in [0.25, 0.3) is 0 Å². The molecule has 0 heterocycles. The van der Waals surface area contributed by atoms with Crippen LogP contribution in [0.25, 0.3) is 0 Å². The maximum Gasteiger partial charge on any atom is 0.312 e. The normalized spacial score (nSPS) is 19.1. The quantitative estimate of drug-likeness (QED) is 0.777. The molecule has 3 nitrogen and oxygen atoms in total. The van der Waals surface area contributed by atoms with Crippen molar-refractivity contribution in [1.29, 1.82) is 0 Å². The van der Waals surface area contributed by atoms with Gasteiger partial charge in [-0.1, -0.05) is 43.7 Å². The Morgan fingerprint density at radius 2 is 2.00 bits per heavy atom. The van der Waals surface area contributed by atoms with Crippen LogP contribution in [0.15, 0.2) is 30.3 Å². The number of carbonyl (C=O) groups is 1. The fourth-order valence-electron chi connectivity index (χ4n) is 3.00. The van der Waals surface area contributed by atoms with Crippen molar-refractivity contribution in [2.75, 3.05) is 6.61 Å². The highest BCUT2D eigenvalue weighted by molar-refractivity contribution is 5.74. The highest BCUT2D eigenvalue weighted by Gasteiger charge is 2.53.